The van der Waals surface area contributed by atoms with Crippen LogP contribution in [0.3, 0.4) is 0 Å². The lowest BCUT2D eigenvalue weighted by molar-refractivity contribution is 0.313. The van der Waals surface area contributed by atoms with Crippen molar-refractivity contribution in [3.05, 3.63) is 48.0 Å². The molecule has 3 rings (SSSR count). The van der Waals surface area contributed by atoms with Crippen molar-refractivity contribution in [2.45, 2.75) is 5.54 Å². The molecule has 1 aliphatic rings. The molecule has 0 radical (unpaired) electrons. The summed E-state index contributed by atoms with van der Waals surface area (Å²) in [5.41, 5.74) is 0.414. The summed E-state index contributed by atoms with van der Waals surface area (Å²) in [6, 6.07) is 14.4. The van der Waals surface area contributed by atoms with Gasteiger partial charge in [-0.3, -0.25) is 0 Å². The number of anilines is 1. The van der Waals surface area contributed by atoms with E-state index >= 15 is 0 Å². The smallest absolute Gasteiger partial charge is 0.189 e. The summed E-state index contributed by atoms with van der Waals surface area (Å²) >= 11 is 0. The molecule has 106 valence electrons. The number of hydrogen-bond donors (Lipinski definition) is 2. The number of phenolic OH excluding ortho intramolecular Hbond substituents is 1. The predicted molar refractivity (Wildman–Crippen MR) is 77.5 cm³/mol. The molecular formula is C16H14N2O3. The molecule has 0 saturated heterocycles. The zero-order chi connectivity index (χ0) is 14.9. The Bertz CT molecular complexity index is 724. The van der Waals surface area contributed by atoms with Crippen LogP contribution in [-0.4, -0.2) is 18.8 Å². The van der Waals surface area contributed by atoms with E-state index < -0.39 is 5.54 Å². The van der Waals surface area contributed by atoms with Crippen LogP contribution in [0.15, 0.2) is 42.5 Å². The summed E-state index contributed by atoms with van der Waals surface area (Å²) in [5.74, 6) is 1.28. The summed E-state index contributed by atoms with van der Waals surface area (Å²) in [4.78, 5) is 0. The molecule has 5 heteroatoms. The highest BCUT2D eigenvalue weighted by Gasteiger charge is 2.42. The van der Waals surface area contributed by atoms with Crippen molar-refractivity contribution >= 4 is 5.69 Å². The summed E-state index contributed by atoms with van der Waals surface area (Å²) in [6.07, 6.45) is 0. The van der Waals surface area contributed by atoms with E-state index in [1.54, 1.807) is 19.2 Å². The highest BCUT2D eigenvalue weighted by atomic mass is 16.5. The maximum atomic E-state index is 9.66. The van der Waals surface area contributed by atoms with Crippen LogP contribution in [0.2, 0.25) is 0 Å². The molecular weight excluding hydrogens is 268 g/mol. The van der Waals surface area contributed by atoms with Gasteiger partial charge in [-0.15, -0.1) is 0 Å². The SMILES string of the molecule is COc1ccccc1NC1(C#N)COc2cc(O)ccc21. The number of nitriles is 1. The molecule has 0 bridgehead atoms. The van der Waals surface area contributed by atoms with Gasteiger partial charge in [0.25, 0.3) is 0 Å². The number of nitrogens with zero attached hydrogens (tertiary/aromatic N) is 1. The molecule has 2 aromatic carbocycles. The topological polar surface area (TPSA) is 74.5 Å². The third kappa shape index (κ3) is 2.11. The Labute approximate surface area is 122 Å². The van der Waals surface area contributed by atoms with Gasteiger partial charge in [-0.05, 0) is 24.3 Å². The molecule has 1 aliphatic heterocycles. The van der Waals surface area contributed by atoms with Crippen LogP contribution in [0.4, 0.5) is 5.69 Å². The molecule has 5 nitrogen and oxygen atoms in total. The second kappa shape index (κ2) is 4.91. The van der Waals surface area contributed by atoms with Gasteiger partial charge in [-0.1, -0.05) is 12.1 Å². The van der Waals surface area contributed by atoms with Crippen molar-refractivity contribution in [3.8, 4) is 23.3 Å². The second-order valence-corrected chi connectivity index (χ2v) is 4.81. The minimum Gasteiger partial charge on any atom is -0.508 e. The third-order valence-corrected chi connectivity index (χ3v) is 3.52. The number of fused-ring (bicyclic) bond motifs is 1. The molecule has 0 aliphatic carbocycles. The molecule has 1 unspecified atom stereocenters. The standard InChI is InChI=1S/C16H14N2O3/c1-20-14-5-3-2-4-13(14)18-16(9-17)10-21-15-8-11(19)6-7-12(15)16/h2-8,18-19H,10H2,1H3. The minimum atomic E-state index is -1.00. The van der Waals surface area contributed by atoms with Crippen molar-refractivity contribution in [2.24, 2.45) is 0 Å². The molecule has 0 spiro atoms. The van der Waals surface area contributed by atoms with Gasteiger partial charge in [0.15, 0.2) is 5.54 Å². The van der Waals surface area contributed by atoms with Crippen molar-refractivity contribution in [3.63, 3.8) is 0 Å². The summed E-state index contributed by atoms with van der Waals surface area (Å²) < 4.78 is 10.8. The number of methoxy groups -OCH3 is 1. The Kier molecular flexibility index (Phi) is 3.07. The first-order valence-corrected chi connectivity index (χ1v) is 6.47. The highest BCUT2D eigenvalue weighted by Crippen LogP contribution is 2.42. The van der Waals surface area contributed by atoms with Gasteiger partial charge in [-0.25, -0.2) is 0 Å². The summed E-state index contributed by atoms with van der Waals surface area (Å²) in [5, 5.41) is 22.4. The normalized spacial score (nSPS) is 19.2. The monoisotopic (exact) mass is 282 g/mol. The zero-order valence-corrected chi connectivity index (χ0v) is 11.5. The number of rotatable bonds is 3. The molecule has 2 N–H and O–H groups in total. The van der Waals surface area contributed by atoms with Crippen molar-refractivity contribution in [1.82, 2.24) is 0 Å². The molecule has 2 aromatic rings. The van der Waals surface area contributed by atoms with Crippen LogP contribution in [0.25, 0.3) is 0 Å². The average Bonchev–Trinajstić information content (AvgIpc) is 2.86. The highest BCUT2D eigenvalue weighted by molar-refractivity contribution is 5.63. The molecule has 21 heavy (non-hydrogen) atoms. The van der Waals surface area contributed by atoms with Crippen molar-refractivity contribution < 1.29 is 14.6 Å². The molecule has 0 aromatic heterocycles. The number of nitrogens with one attached hydrogen (secondary N) is 1. The van der Waals surface area contributed by atoms with Gasteiger partial charge in [-0.2, -0.15) is 5.26 Å². The van der Waals surface area contributed by atoms with E-state index in [1.165, 1.54) is 6.07 Å². The minimum absolute atomic E-state index is 0.111. The Hall–Kier alpha value is -2.87. The molecule has 0 amide bonds. The molecule has 0 saturated carbocycles. The van der Waals surface area contributed by atoms with Crippen LogP contribution in [0, 0.1) is 11.3 Å². The van der Waals surface area contributed by atoms with Crippen molar-refractivity contribution in [1.29, 1.82) is 5.26 Å². The maximum Gasteiger partial charge on any atom is 0.189 e. The number of ether oxygens (including phenoxy) is 2. The first-order valence-electron chi connectivity index (χ1n) is 6.47. The Morgan fingerprint density at radius 1 is 1.33 bits per heavy atom. The quantitative estimate of drug-likeness (QED) is 0.905. The molecule has 1 heterocycles. The second-order valence-electron chi connectivity index (χ2n) is 4.81. The predicted octanol–water partition coefficient (Wildman–Crippen LogP) is 2.62. The Morgan fingerprint density at radius 2 is 2.14 bits per heavy atom. The maximum absolute atomic E-state index is 9.66. The molecule has 0 fully saturated rings. The lowest BCUT2D eigenvalue weighted by Gasteiger charge is -2.24. The summed E-state index contributed by atoms with van der Waals surface area (Å²) in [6.45, 7) is 0.167. The molecule has 1 atom stereocenters. The Morgan fingerprint density at radius 3 is 2.90 bits per heavy atom. The fraction of sp³-hybridized carbons (Fsp3) is 0.188. The largest absolute Gasteiger partial charge is 0.508 e. The van der Waals surface area contributed by atoms with Crippen molar-refractivity contribution in [2.75, 3.05) is 19.0 Å². The van der Waals surface area contributed by atoms with Crippen LogP contribution in [0.5, 0.6) is 17.2 Å². The van der Waals surface area contributed by atoms with Gasteiger partial charge < -0.3 is 19.9 Å². The average molecular weight is 282 g/mol. The fourth-order valence-corrected chi connectivity index (χ4v) is 2.45. The van der Waals surface area contributed by atoms with Crippen LogP contribution in [-0.2, 0) is 5.54 Å². The van der Waals surface area contributed by atoms with Crippen LogP contribution in [0.1, 0.15) is 5.56 Å². The first kappa shape index (κ1) is 13.1. The van der Waals surface area contributed by atoms with Gasteiger partial charge in [0.1, 0.15) is 23.9 Å². The third-order valence-electron chi connectivity index (χ3n) is 3.52. The lowest BCUT2D eigenvalue weighted by atomic mass is 9.93. The fourth-order valence-electron chi connectivity index (χ4n) is 2.45. The van der Waals surface area contributed by atoms with Crippen LogP contribution < -0.4 is 14.8 Å². The zero-order valence-electron chi connectivity index (χ0n) is 11.5. The van der Waals surface area contributed by atoms with Gasteiger partial charge in [0.2, 0.25) is 0 Å². The van der Waals surface area contributed by atoms with E-state index in [0.29, 0.717) is 22.7 Å². The Balaban J connectivity index is 2.03. The van der Waals surface area contributed by atoms with E-state index in [4.69, 9.17) is 9.47 Å². The number of aromatic hydroxyl groups is 1. The van der Waals surface area contributed by atoms with E-state index in [9.17, 15) is 10.4 Å². The number of hydrogen-bond acceptors (Lipinski definition) is 5. The number of benzene rings is 2. The van der Waals surface area contributed by atoms with Gasteiger partial charge in [0, 0.05) is 11.6 Å². The van der Waals surface area contributed by atoms with E-state index in [1.807, 2.05) is 24.3 Å². The number of phenols is 1. The lowest BCUT2D eigenvalue weighted by Crippen LogP contribution is -2.35. The van der Waals surface area contributed by atoms with E-state index in [2.05, 4.69) is 11.4 Å². The van der Waals surface area contributed by atoms with Gasteiger partial charge >= 0.3 is 0 Å². The van der Waals surface area contributed by atoms with Gasteiger partial charge in [0.05, 0.1) is 18.9 Å². The first-order chi connectivity index (χ1) is 10.2. The number of para-hydroxylation sites is 2. The van der Waals surface area contributed by atoms with E-state index in [-0.39, 0.29) is 12.4 Å². The van der Waals surface area contributed by atoms with Crippen LogP contribution >= 0.6 is 0 Å². The summed E-state index contributed by atoms with van der Waals surface area (Å²) in [7, 11) is 1.58. The van der Waals surface area contributed by atoms with E-state index in [0.717, 1.165) is 0 Å².